The average Bonchev–Trinajstić information content (AvgIpc) is 3.17. The van der Waals surface area contributed by atoms with E-state index in [0.717, 1.165) is 30.6 Å². The molecule has 1 saturated heterocycles. The molecule has 1 aromatic carbocycles. The van der Waals surface area contributed by atoms with Crippen LogP contribution >= 0.6 is 0 Å². The van der Waals surface area contributed by atoms with Crippen LogP contribution in [0.15, 0.2) is 30.3 Å². The number of nitrogens with zero attached hydrogens (tertiary/aromatic N) is 1. The van der Waals surface area contributed by atoms with Crippen LogP contribution in [0, 0.1) is 23.2 Å². The molecule has 1 aliphatic heterocycles. The predicted molar refractivity (Wildman–Crippen MR) is 109 cm³/mol. The summed E-state index contributed by atoms with van der Waals surface area (Å²) in [5.74, 6) is 2.69. The molecule has 0 radical (unpaired) electrons. The minimum atomic E-state index is -0.316. The van der Waals surface area contributed by atoms with Gasteiger partial charge in [0.2, 0.25) is 5.91 Å². The molecular weight excluding hydrogens is 348 g/mol. The van der Waals surface area contributed by atoms with Crippen LogP contribution in [-0.4, -0.2) is 35.3 Å². The molecule has 4 nitrogen and oxygen atoms in total. The molecule has 6 rings (SSSR count). The Morgan fingerprint density at radius 2 is 1.64 bits per heavy atom. The second-order valence-corrected chi connectivity index (χ2v) is 10.0. The largest absolute Gasteiger partial charge is 0.351 e. The van der Waals surface area contributed by atoms with Crippen molar-refractivity contribution >= 4 is 11.8 Å². The molecule has 4 bridgehead atoms. The molecule has 1 N–H and O–H groups in total. The summed E-state index contributed by atoms with van der Waals surface area (Å²) in [5.41, 5.74) is 0.980. The van der Waals surface area contributed by atoms with Crippen LogP contribution < -0.4 is 5.32 Å². The van der Waals surface area contributed by atoms with E-state index in [2.05, 4.69) is 12.2 Å². The minimum absolute atomic E-state index is 0.0132. The van der Waals surface area contributed by atoms with E-state index in [9.17, 15) is 9.59 Å². The van der Waals surface area contributed by atoms with Gasteiger partial charge in [0.1, 0.15) is 6.04 Å². The molecule has 1 aromatic rings. The highest BCUT2D eigenvalue weighted by atomic mass is 16.2. The van der Waals surface area contributed by atoms with Crippen molar-refractivity contribution in [3.8, 4) is 0 Å². The third kappa shape index (κ3) is 3.05. The highest BCUT2D eigenvalue weighted by molar-refractivity contribution is 5.98. The highest BCUT2D eigenvalue weighted by Gasteiger charge is 2.53. The lowest BCUT2D eigenvalue weighted by molar-refractivity contribution is -0.129. The maximum atomic E-state index is 13.2. The van der Waals surface area contributed by atoms with Crippen LogP contribution in [-0.2, 0) is 4.79 Å². The van der Waals surface area contributed by atoms with Gasteiger partial charge in [-0.05, 0) is 93.6 Å². The zero-order valence-corrected chi connectivity index (χ0v) is 16.9. The van der Waals surface area contributed by atoms with Gasteiger partial charge in [-0.3, -0.25) is 9.59 Å². The van der Waals surface area contributed by atoms with Crippen LogP contribution in [0.25, 0.3) is 0 Å². The molecule has 150 valence electrons. The molecule has 4 aliphatic carbocycles. The minimum Gasteiger partial charge on any atom is -0.351 e. The van der Waals surface area contributed by atoms with Gasteiger partial charge in [0.25, 0.3) is 5.91 Å². The molecule has 0 aromatic heterocycles. The van der Waals surface area contributed by atoms with Crippen molar-refractivity contribution in [3.63, 3.8) is 0 Å². The molecule has 1 heterocycles. The molecule has 4 heteroatoms. The van der Waals surface area contributed by atoms with E-state index in [1.165, 1.54) is 38.5 Å². The second kappa shape index (κ2) is 6.89. The van der Waals surface area contributed by atoms with E-state index in [1.807, 2.05) is 30.3 Å². The van der Waals surface area contributed by atoms with Gasteiger partial charge in [-0.1, -0.05) is 18.2 Å². The fourth-order valence-corrected chi connectivity index (χ4v) is 7.20. The number of amides is 2. The van der Waals surface area contributed by atoms with Gasteiger partial charge in [0, 0.05) is 18.2 Å². The lowest BCUT2D eigenvalue weighted by Gasteiger charge is -2.59. The quantitative estimate of drug-likeness (QED) is 0.858. The van der Waals surface area contributed by atoms with Crippen LogP contribution in [0.4, 0.5) is 0 Å². The van der Waals surface area contributed by atoms with Gasteiger partial charge in [-0.2, -0.15) is 0 Å². The summed E-state index contributed by atoms with van der Waals surface area (Å²) in [4.78, 5) is 27.9. The summed E-state index contributed by atoms with van der Waals surface area (Å²) < 4.78 is 0. The predicted octanol–water partition coefficient (Wildman–Crippen LogP) is 4.01. The number of hydrogen-bond acceptors (Lipinski definition) is 2. The number of benzene rings is 1. The Hall–Kier alpha value is -1.84. The average molecular weight is 381 g/mol. The fourth-order valence-electron chi connectivity index (χ4n) is 7.20. The van der Waals surface area contributed by atoms with E-state index >= 15 is 0 Å². The number of hydrogen-bond donors (Lipinski definition) is 1. The van der Waals surface area contributed by atoms with Crippen molar-refractivity contribution in [1.29, 1.82) is 0 Å². The zero-order chi connectivity index (χ0) is 19.3. The Labute approximate surface area is 168 Å². The van der Waals surface area contributed by atoms with E-state index < -0.39 is 0 Å². The van der Waals surface area contributed by atoms with Gasteiger partial charge in [0.15, 0.2) is 0 Å². The molecule has 0 unspecified atom stereocenters. The first-order valence-corrected chi connectivity index (χ1v) is 11.2. The highest BCUT2D eigenvalue weighted by Crippen LogP contribution is 2.61. The van der Waals surface area contributed by atoms with Gasteiger partial charge < -0.3 is 10.2 Å². The lowest BCUT2D eigenvalue weighted by atomic mass is 9.48. The molecule has 2 atom stereocenters. The van der Waals surface area contributed by atoms with Crippen LogP contribution in [0.5, 0.6) is 0 Å². The number of likely N-dealkylation sites (tertiary alicyclic amines) is 1. The van der Waals surface area contributed by atoms with Gasteiger partial charge >= 0.3 is 0 Å². The van der Waals surface area contributed by atoms with Crippen molar-refractivity contribution < 1.29 is 9.59 Å². The zero-order valence-electron chi connectivity index (χ0n) is 16.9. The molecule has 0 spiro atoms. The van der Waals surface area contributed by atoms with Crippen LogP contribution in [0.1, 0.15) is 68.6 Å². The van der Waals surface area contributed by atoms with Crippen LogP contribution in [0.3, 0.4) is 0 Å². The maximum Gasteiger partial charge on any atom is 0.254 e. The van der Waals surface area contributed by atoms with Crippen molar-refractivity contribution in [2.45, 2.75) is 70.4 Å². The fraction of sp³-hybridized carbons (Fsp3) is 0.667. The first-order chi connectivity index (χ1) is 13.5. The Kier molecular flexibility index (Phi) is 4.48. The standard InChI is InChI=1S/C24H32N2O2/c1-16(24-13-17-10-18(14-24)12-19(11-17)15-24)25-22(27)21-8-5-9-26(21)23(28)20-6-3-2-4-7-20/h2-4,6-7,16-19,21H,5,8-15H2,1H3,(H,25,27)/t16-,17?,18?,19?,21-,24?/m1/s1. The summed E-state index contributed by atoms with van der Waals surface area (Å²) in [6, 6.07) is 9.26. The van der Waals surface area contributed by atoms with Crippen molar-refractivity contribution in [3.05, 3.63) is 35.9 Å². The normalized spacial score (nSPS) is 37.1. The number of carbonyl (C=O) groups excluding carboxylic acids is 2. The summed E-state index contributed by atoms with van der Waals surface area (Å²) in [5, 5.41) is 3.38. The van der Waals surface area contributed by atoms with E-state index in [-0.39, 0.29) is 23.9 Å². The van der Waals surface area contributed by atoms with Crippen LogP contribution in [0.2, 0.25) is 0 Å². The molecule has 5 aliphatic rings. The molecule has 28 heavy (non-hydrogen) atoms. The maximum absolute atomic E-state index is 13.2. The molecule has 2 amide bonds. The summed E-state index contributed by atoms with van der Waals surface area (Å²) in [7, 11) is 0. The SMILES string of the molecule is C[C@@H](NC(=O)[C@H]1CCCN1C(=O)c1ccccc1)C12CC3CC(CC(C3)C1)C2. The third-order valence-corrected chi connectivity index (χ3v) is 8.20. The van der Waals surface area contributed by atoms with Gasteiger partial charge in [-0.15, -0.1) is 0 Å². The monoisotopic (exact) mass is 380 g/mol. The Bertz CT molecular complexity index is 724. The van der Waals surface area contributed by atoms with E-state index in [1.54, 1.807) is 4.90 Å². The number of nitrogens with one attached hydrogen (secondary N) is 1. The van der Waals surface area contributed by atoms with Crippen molar-refractivity contribution in [2.24, 2.45) is 23.2 Å². The van der Waals surface area contributed by atoms with E-state index in [4.69, 9.17) is 0 Å². The van der Waals surface area contributed by atoms with Crippen molar-refractivity contribution in [2.75, 3.05) is 6.54 Å². The third-order valence-electron chi connectivity index (χ3n) is 8.20. The molecule has 4 saturated carbocycles. The number of rotatable bonds is 4. The number of carbonyl (C=O) groups is 2. The Morgan fingerprint density at radius 3 is 2.25 bits per heavy atom. The topological polar surface area (TPSA) is 49.4 Å². The van der Waals surface area contributed by atoms with E-state index in [0.29, 0.717) is 17.5 Å². The molecule has 5 fully saturated rings. The first kappa shape index (κ1) is 18.2. The summed E-state index contributed by atoms with van der Waals surface area (Å²) in [6.45, 7) is 2.90. The van der Waals surface area contributed by atoms with Gasteiger partial charge in [-0.25, -0.2) is 0 Å². The van der Waals surface area contributed by atoms with Gasteiger partial charge in [0.05, 0.1) is 0 Å². The Balaban J connectivity index is 1.28. The summed E-state index contributed by atoms with van der Waals surface area (Å²) >= 11 is 0. The summed E-state index contributed by atoms with van der Waals surface area (Å²) in [6.07, 6.45) is 9.80. The first-order valence-electron chi connectivity index (χ1n) is 11.2. The second-order valence-electron chi connectivity index (χ2n) is 10.0. The smallest absolute Gasteiger partial charge is 0.254 e. The Morgan fingerprint density at radius 1 is 1.04 bits per heavy atom. The molecular formula is C24H32N2O2. The van der Waals surface area contributed by atoms with Crippen molar-refractivity contribution in [1.82, 2.24) is 10.2 Å². The lowest BCUT2D eigenvalue weighted by Crippen LogP contribution is -2.58.